The van der Waals surface area contributed by atoms with Crippen LogP contribution in [0.25, 0.3) is 10.8 Å². The van der Waals surface area contributed by atoms with Gasteiger partial charge in [-0.3, -0.25) is 0 Å². The highest BCUT2D eigenvalue weighted by molar-refractivity contribution is 6.34. The Morgan fingerprint density at radius 2 is 2.06 bits per heavy atom. The van der Waals surface area contributed by atoms with Crippen molar-refractivity contribution < 1.29 is 14.3 Å². The normalized spacial score (nSPS) is 10.7. The van der Waals surface area contributed by atoms with Gasteiger partial charge in [0.2, 0.25) is 0 Å². The summed E-state index contributed by atoms with van der Waals surface area (Å²) < 4.78 is 13.6. The fraction of sp³-hybridized carbons (Fsp3) is 0.0909. The van der Waals surface area contributed by atoms with E-state index in [0.717, 1.165) is 0 Å². The van der Waals surface area contributed by atoms with E-state index in [-0.39, 0.29) is 16.2 Å². The van der Waals surface area contributed by atoms with Gasteiger partial charge in [0.05, 0.1) is 0 Å². The zero-order valence-corrected chi connectivity index (χ0v) is 9.05. The number of nitrogens with zero attached hydrogens (tertiary/aromatic N) is 1. The molecule has 0 amide bonds. The minimum atomic E-state index is -1.23. The summed E-state index contributed by atoms with van der Waals surface area (Å²) in [6.07, 6.45) is 0. The van der Waals surface area contributed by atoms with E-state index in [9.17, 15) is 9.18 Å². The molecule has 0 aliphatic heterocycles. The Morgan fingerprint density at radius 3 is 2.69 bits per heavy atom. The van der Waals surface area contributed by atoms with Crippen molar-refractivity contribution in [3.05, 3.63) is 40.4 Å². The van der Waals surface area contributed by atoms with Crippen LogP contribution >= 0.6 is 11.6 Å². The van der Waals surface area contributed by atoms with Crippen molar-refractivity contribution in [3.8, 4) is 0 Å². The molecule has 5 heteroatoms. The van der Waals surface area contributed by atoms with E-state index < -0.39 is 11.8 Å². The molecule has 2 rings (SSSR count). The summed E-state index contributed by atoms with van der Waals surface area (Å²) in [4.78, 5) is 14.4. The number of aromatic carboxylic acids is 1. The van der Waals surface area contributed by atoms with E-state index in [0.29, 0.717) is 10.9 Å². The Hall–Kier alpha value is -1.68. The molecule has 16 heavy (non-hydrogen) atoms. The first-order valence-corrected chi connectivity index (χ1v) is 4.86. The van der Waals surface area contributed by atoms with Gasteiger partial charge in [-0.05, 0) is 30.7 Å². The van der Waals surface area contributed by atoms with E-state index >= 15 is 0 Å². The van der Waals surface area contributed by atoms with Crippen LogP contribution in [0.4, 0.5) is 4.39 Å². The largest absolute Gasteiger partial charge is 0.477 e. The predicted molar refractivity (Wildman–Crippen MR) is 58.4 cm³/mol. The lowest BCUT2D eigenvalue weighted by Crippen LogP contribution is -2.01. The number of carboxylic acid groups (broad SMARTS) is 1. The predicted octanol–water partition coefficient (Wildman–Crippen LogP) is 3.03. The first-order chi connectivity index (χ1) is 7.49. The maximum Gasteiger partial charge on any atom is 0.354 e. The molecule has 0 aliphatic rings. The van der Waals surface area contributed by atoms with Gasteiger partial charge in [0.1, 0.15) is 11.0 Å². The third kappa shape index (κ3) is 1.72. The molecule has 1 N–H and O–H groups in total. The topological polar surface area (TPSA) is 50.2 Å². The number of fused-ring (bicyclic) bond motifs is 1. The van der Waals surface area contributed by atoms with Gasteiger partial charge in [-0.1, -0.05) is 11.6 Å². The number of hydrogen-bond donors (Lipinski definition) is 1. The fourth-order valence-corrected chi connectivity index (χ4v) is 1.76. The van der Waals surface area contributed by atoms with Gasteiger partial charge >= 0.3 is 5.97 Å². The smallest absolute Gasteiger partial charge is 0.354 e. The number of aryl methyl sites for hydroxylation is 1. The molecule has 0 atom stereocenters. The molecule has 82 valence electrons. The molecule has 3 nitrogen and oxygen atoms in total. The average Bonchev–Trinajstić information content (AvgIpc) is 2.19. The molecular formula is C11H7ClFNO2. The minimum Gasteiger partial charge on any atom is -0.477 e. The van der Waals surface area contributed by atoms with Crippen molar-refractivity contribution in [1.29, 1.82) is 0 Å². The minimum absolute atomic E-state index is 0.00231. The lowest BCUT2D eigenvalue weighted by molar-refractivity contribution is 0.0690. The zero-order chi connectivity index (χ0) is 11.9. The molecule has 0 saturated carbocycles. The van der Waals surface area contributed by atoms with Crippen LogP contribution in [0.5, 0.6) is 0 Å². The molecule has 0 bridgehead atoms. The van der Waals surface area contributed by atoms with Crippen molar-refractivity contribution in [2.75, 3.05) is 0 Å². The van der Waals surface area contributed by atoms with Crippen LogP contribution in [-0.2, 0) is 0 Å². The van der Waals surface area contributed by atoms with E-state index in [1.54, 1.807) is 13.0 Å². The average molecular weight is 240 g/mol. The van der Waals surface area contributed by atoms with E-state index in [2.05, 4.69) is 4.98 Å². The molecule has 1 aromatic heterocycles. The van der Waals surface area contributed by atoms with Gasteiger partial charge in [0, 0.05) is 10.8 Å². The van der Waals surface area contributed by atoms with E-state index in [1.165, 1.54) is 12.1 Å². The molecule has 0 spiro atoms. The van der Waals surface area contributed by atoms with Crippen LogP contribution in [0.15, 0.2) is 18.2 Å². The quantitative estimate of drug-likeness (QED) is 0.778. The number of carboxylic acids is 1. The van der Waals surface area contributed by atoms with Crippen LogP contribution in [0, 0.1) is 12.7 Å². The van der Waals surface area contributed by atoms with Crippen molar-refractivity contribution in [2.24, 2.45) is 0 Å². The number of benzene rings is 1. The summed E-state index contributed by atoms with van der Waals surface area (Å²) in [7, 11) is 0. The number of hydrogen-bond acceptors (Lipinski definition) is 2. The molecule has 1 heterocycles. The second-order valence-electron chi connectivity index (χ2n) is 3.45. The highest BCUT2D eigenvalue weighted by Crippen LogP contribution is 2.26. The van der Waals surface area contributed by atoms with Crippen LogP contribution in [-0.4, -0.2) is 16.1 Å². The Labute approximate surface area is 95.5 Å². The molecule has 1 aromatic carbocycles. The molecule has 0 radical (unpaired) electrons. The second kappa shape index (κ2) is 3.72. The zero-order valence-electron chi connectivity index (χ0n) is 8.29. The first-order valence-electron chi connectivity index (χ1n) is 4.48. The molecule has 0 aliphatic carbocycles. The summed E-state index contributed by atoms with van der Waals surface area (Å²) in [5, 5.41) is 9.36. The van der Waals surface area contributed by atoms with Gasteiger partial charge in [-0.2, -0.15) is 0 Å². The highest BCUT2D eigenvalue weighted by Gasteiger charge is 2.12. The second-order valence-corrected chi connectivity index (χ2v) is 3.80. The fourth-order valence-electron chi connectivity index (χ4n) is 1.52. The molecule has 0 saturated heterocycles. The van der Waals surface area contributed by atoms with Gasteiger partial charge < -0.3 is 5.11 Å². The third-order valence-electron chi connectivity index (χ3n) is 2.21. The van der Waals surface area contributed by atoms with Crippen LogP contribution in [0.3, 0.4) is 0 Å². The third-order valence-corrected chi connectivity index (χ3v) is 2.50. The summed E-state index contributed by atoms with van der Waals surface area (Å²) in [5.74, 6) is -1.73. The molecular weight excluding hydrogens is 233 g/mol. The Kier molecular flexibility index (Phi) is 2.52. The maximum atomic E-state index is 13.6. The SMILES string of the molecule is Cc1cc(F)c2cc(C(=O)O)nc(Cl)c2c1. The molecule has 0 unspecified atom stereocenters. The van der Waals surface area contributed by atoms with Crippen molar-refractivity contribution >= 4 is 28.3 Å². The molecule has 2 aromatic rings. The summed E-state index contributed by atoms with van der Waals surface area (Å²) in [6.45, 7) is 1.73. The molecule has 0 fully saturated rings. The van der Waals surface area contributed by atoms with Crippen molar-refractivity contribution in [3.63, 3.8) is 0 Å². The van der Waals surface area contributed by atoms with E-state index in [1.807, 2.05) is 0 Å². The Balaban J connectivity index is 2.87. The monoisotopic (exact) mass is 239 g/mol. The van der Waals surface area contributed by atoms with Gasteiger partial charge in [0.25, 0.3) is 0 Å². The van der Waals surface area contributed by atoms with Crippen LogP contribution in [0.1, 0.15) is 16.1 Å². The highest BCUT2D eigenvalue weighted by atomic mass is 35.5. The van der Waals surface area contributed by atoms with Crippen LogP contribution < -0.4 is 0 Å². The van der Waals surface area contributed by atoms with Crippen molar-refractivity contribution in [2.45, 2.75) is 6.92 Å². The first kappa shape index (κ1) is 10.8. The summed E-state index contributed by atoms with van der Waals surface area (Å²) in [5.41, 5.74) is 0.442. The standard InChI is InChI=1S/C11H7ClFNO2/c1-5-2-7-6(8(13)3-5)4-9(11(15)16)14-10(7)12/h2-4H,1H3,(H,15,16). The van der Waals surface area contributed by atoms with E-state index in [4.69, 9.17) is 16.7 Å². The Morgan fingerprint density at radius 1 is 1.38 bits per heavy atom. The Bertz CT molecular complexity index is 598. The number of rotatable bonds is 1. The van der Waals surface area contributed by atoms with Gasteiger partial charge in [-0.15, -0.1) is 0 Å². The lowest BCUT2D eigenvalue weighted by Gasteiger charge is -2.04. The van der Waals surface area contributed by atoms with Crippen molar-refractivity contribution in [1.82, 2.24) is 4.98 Å². The van der Waals surface area contributed by atoms with Crippen LogP contribution in [0.2, 0.25) is 5.15 Å². The number of halogens is 2. The lowest BCUT2D eigenvalue weighted by atomic mass is 10.1. The number of pyridine rings is 1. The van der Waals surface area contributed by atoms with Gasteiger partial charge in [-0.25, -0.2) is 14.2 Å². The summed E-state index contributed by atoms with van der Waals surface area (Å²) in [6, 6.07) is 4.17. The number of carbonyl (C=O) groups is 1. The maximum absolute atomic E-state index is 13.6. The van der Waals surface area contributed by atoms with Gasteiger partial charge in [0.15, 0.2) is 5.69 Å². The summed E-state index contributed by atoms with van der Waals surface area (Å²) >= 11 is 5.81. The number of aromatic nitrogens is 1.